The van der Waals surface area contributed by atoms with Crippen molar-refractivity contribution in [2.75, 3.05) is 14.2 Å². The van der Waals surface area contributed by atoms with Crippen molar-refractivity contribution in [2.45, 2.75) is 32.1 Å². The van der Waals surface area contributed by atoms with Crippen molar-refractivity contribution in [3.63, 3.8) is 0 Å². The molecule has 0 amide bonds. The number of Topliss-reactive ketones (excluding diaryl/α,β-unsaturated/α-hetero) is 1. The number of methoxy groups -OCH3 is 2. The van der Waals surface area contributed by atoms with Crippen LogP contribution in [0, 0.1) is 11.3 Å². The minimum Gasteiger partial charge on any atom is -0.493 e. The number of nitriles is 1. The van der Waals surface area contributed by atoms with E-state index >= 15 is 0 Å². The van der Waals surface area contributed by atoms with Crippen molar-refractivity contribution >= 4 is 5.78 Å². The van der Waals surface area contributed by atoms with Gasteiger partial charge in [0.05, 0.1) is 31.8 Å². The minimum atomic E-state index is -0.348. The normalized spacial score (nSPS) is 20.2. The van der Waals surface area contributed by atoms with Crippen molar-refractivity contribution in [3.05, 3.63) is 46.3 Å². The maximum absolute atomic E-state index is 12.6. The topological polar surface area (TPSA) is 71.3 Å². The molecule has 1 N–H and O–H groups in total. The van der Waals surface area contributed by atoms with Gasteiger partial charge in [0.1, 0.15) is 0 Å². The van der Waals surface area contributed by atoms with E-state index in [-0.39, 0.29) is 11.7 Å². The molecule has 1 atom stereocenters. The zero-order valence-corrected chi connectivity index (χ0v) is 14.1. The predicted octanol–water partition coefficient (Wildman–Crippen LogP) is 3.20. The third kappa shape index (κ3) is 2.54. The first kappa shape index (κ1) is 16.1. The maximum atomic E-state index is 12.6. The van der Waals surface area contributed by atoms with Gasteiger partial charge in [-0.3, -0.25) is 4.79 Å². The van der Waals surface area contributed by atoms with Gasteiger partial charge in [-0.15, -0.1) is 0 Å². The van der Waals surface area contributed by atoms with Crippen LogP contribution in [0.2, 0.25) is 0 Å². The van der Waals surface area contributed by atoms with E-state index in [9.17, 15) is 10.1 Å². The fraction of sp³-hybridized carbons (Fsp3) is 0.368. The molecule has 0 spiro atoms. The summed E-state index contributed by atoms with van der Waals surface area (Å²) in [4.78, 5) is 12.6. The molecule has 1 aliphatic heterocycles. The Morgan fingerprint density at radius 2 is 1.96 bits per heavy atom. The van der Waals surface area contributed by atoms with Crippen LogP contribution in [-0.4, -0.2) is 20.0 Å². The lowest BCUT2D eigenvalue weighted by Gasteiger charge is -2.32. The Balaban J connectivity index is 2.17. The molecule has 124 valence electrons. The summed E-state index contributed by atoms with van der Waals surface area (Å²) in [5.74, 6) is 0.982. The number of allylic oxidation sites excluding steroid dienone is 4. The summed E-state index contributed by atoms with van der Waals surface area (Å²) in [5.41, 5.74) is 3.92. The molecule has 0 fully saturated rings. The maximum Gasteiger partial charge on any atom is 0.161 e. The van der Waals surface area contributed by atoms with Crippen molar-refractivity contribution in [1.29, 1.82) is 5.26 Å². The van der Waals surface area contributed by atoms with Crippen molar-refractivity contribution in [3.8, 4) is 17.6 Å². The summed E-state index contributed by atoms with van der Waals surface area (Å²) in [5, 5.41) is 12.9. The van der Waals surface area contributed by atoms with Gasteiger partial charge in [0.2, 0.25) is 0 Å². The van der Waals surface area contributed by atoms with E-state index in [1.165, 1.54) is 0 Å². The van der Waals surface area contributed by atoms with Crippen LogP contribution in [0.15, 0.2) is 40.7 Å². The highest BCUT2D eigenvalue weighted by Crippen LogP contribution is 2.43. The Morgan fingerprint density at radius 3 is 2.62 bits per heavy atom. The van der Waals surface area contributed by atoms with Crippen molar-refractivity contribution in [1.82, 2.24) is 5.32 Å². The summed E-state index contributed by atoms with van der Waals surface area (Å²) < 4.78 is 10.7. The van der Waals surface area contributed by atoms with Crippen LogP contribution in [0.5, 0.6) is 11.5 Å². The largest absolute Gasteiger partial charge is 0.493 e. The number of ketones is 1. The Morgan fingerprint density at radius 1 is 1.21 bits per heavy atom. The lowest BCUT2D eigenvalue weighted by atomic mass is 9.75. The quantitative estimate of drug-likeness (QED) is 0.924. The summed E-state index contributed by atoms with van der Waals surface area (Å²) >= 11 is 0. The van der Waals surface area contributed by atoms with Crippen LogP contribution >= 0.6 is 0 Å². The zero-order chi connectivity index (χ0) is 17.3. The number of rotatable bonds is 3. The predicted molar refractivity (Wildman–Crippen MR) is 89.6 cm³/mol. The van der Waals surface area contributed by atoms with Gasteiger partial charge in [0.25, 0.3) is 0 Å². The lowest BCUT2D eigenvalue weighted by Crippen LogP contribution is -2.31. The fourth-order valence-corrected chi connectivity index (χ4v) is 3.50. The van der Waals surface area contributed by atoms with Gasteiger partial charge in [-0.05, 0) is 37.5 Å². The second kappa shape index (κ2) is 6.40. The monoisotopic (exact) mass is 324 g/mol. The number of dihydropyridines is 1. The first-order valence-electron chi connectivity index (χ1n) is 7.96. The Labute approximate surface area is 141 Å². The molecule has 0 saturated carbocycles. The van der Waals surface area contributed by atoms with Gasteiger partial charge < -0.3 is 14.8 Å². The minimum absolute atomic E-state index is 0.115. The number of hydrogen-bond donors (Lipinski definition) is 1. The average Bonchev–Trinajstić information content (AvgIpc) is 2.60. The molecule has 0 bridgehead atoms. The molecule has 1 aliphatic carbocycles. The van der Waals surface area contributed by atoms with Gasteiger partial charge in [0.15, 0.2) is 17.3 Å². The molecule has 2 aliphatic rings. The first-order valence-corrected chi connectivity index (χ1v) is 7.96. The van der Waals surface area contributed by atoms with E-state index in [1.807, 2.05) is 25.1 Å². The molecule has 24 heavy (non-hydrogen) atoms. The van der Waals surface area contributed by atoms with Crippen molar-refractivity contribution < 1.29 is 14.3 Å². The highest BCUT2D eigenvalue weighted by Gasteiger charge is 2.36. The number of carbonyl (C=O) groups excluding carboxylic acids is 1. The van der Waals surface area contributed by atoms with E-state index in [4.69, 9.17) is 9.47 Å². The van der Waals surface area contributed by atoms with Crippen LogP contribution < -0.4 is 14.8 Å². The highest BCUT2D eigenvalue weighted by molar-refractivity contribution is 5.99. The molecule has 0 aromatic heterocycles. The van der Waals surface area contributed by atoms with Crippen molar-refractivity contribution in [2.24, 2.45) is 0 Å². The molecule has 0 radical (unpaired) electrons. The van der Waals surface area contributed by atoms with E-state index in [0.29, 0.717) is 23.5 Å². The molecule has 1 heterocycles. The van der Waals surface area contributed by atoms with Crippen LogP contribution in [-0.2, 0) is 4.79 Å². The van der Waals surface area contributed by atoms with E-state index < -0.39 is 0 Å². The average molecular weight is 324 g/mol. The smallest absolute Gasteiger partial charge is 0.161 e. The number of nitrogens with zero attached hydrogens (tertiary/aromatic N) is 1. The zero-order valence-electron chi connectivity index (χ0n) is 14.1. The van der Waals surface area contributed by atoms with Crippen LogP contribution in [0.25, 0.3) is 0 Å². The molecule has 0 saturated heterocycles. The molecule has 3 rings (SSSR count). The summed E-state index contributed by atoms with van der Waals surface area (Å²) in [6, 6.07) is 7.84. The second-order valence-corrected chi connectivity index (χ2v) is 5.99. The molecule has 1 aromatic carbocycles. The number of nitrogens with one attached hydrogen (secondary N) is 1. The van der Waals surface area contributed by atoms with E-state index in [0.717, 1.165) is 35.4 Å². The number of carbonyl (C=O) groups is 1. The summed E-state index contributed by atoms with van der Waals surface area (Å²) in [6.07, 6.45) is 2.21. The Hall–Kier alpha value is -2.74. The Kier molecular flexibility index (Phi) is 4.30. The van der Waals surface area contributed by atoms with Gasteiger partial charge in [0, 0.05) is 23.4 Å². The van der Waals surface area contributed by atoms with Gasteiger partial charge >= 0.3 is 0 Å². The summed E-state index contributed by atoms with van der Waals surface area (Å²) in [6.45, 7) is 1.88. The van der Waals surface area contributed by atoms with Gasteiger partial charge in [-0.1, -0.05) is 6.07 Å². The van der Waals surface area contributed by atoms with Crippen LogP contribution in [0.1, 0.15) is 37.7 Å². The summed E-state index contributed by atoms with van der Waals surface area (Å²) in [7, 11) is 3.16. The SMILES string of the molecule is COc1ccc([C@H]2C(C#N)=C(C)NC3=C2C(=O)CCC3)cc1OC. The second-order valence-electron chi connectivity index (χ2n) is 5.99. The molecule has 1 aromatic rings. The fourth-order valence-electron chi connectivity index (χ4n) is 3.50. The third-order valence-electron chi connectivity index (χ3n) is 4.64. The van der Waals surface area contributed by atoms with Gasteiger partial charge in [-0.25, -0.2) is 0 Å². The molecular formula is C19H20N2O3. The van der Waals surface area contributed by atoms with E-state index in [1.54, 1.807) is 14.2 Å². The molecular weight excluding hydrogens is 304 g/mol. The molecule has 5 heteroatoms. The molecule has 0 unspecified atom stereocenters. The van der Waals surface area contributed by atoms with Crippen LogP contribution in [0.4, 0.5) is 0 Å². The number of ether oxygens (including phenoxy) is 2. The third-order valence-corrected chi connectivity index (χ3v) is 4.64. The van der Waals surface area contributed by atoms with Crippen LogP contribution in [0.3, 0.4) is 0 Å². The lowest BCUT2D eigenvalue weighted by molar-refractivity contribution is -0.116. The number of hydrogen-bond acceptors (Lipinski definition) is 5. The Bertz CT molecular complexity index is 799. The first-order chi connectivity index (χ1) is 11.6. The number of benzene rings is 1. The highest BCUT2D eigenvalue weighted by atomic mass is 16.5. The standard InChI is InChI=1S/C19H20N2O3/c1-11-13(10-20)18(19-14(21-11)5-4-6-15(19)22)12-7-8-16(23-2)17(9-12)24-3/h7-9,18,21H,4-6H2,1-3H3/t18-/m0/s1. The molecule has 5 nitrogen and oxygen atoms in total. The van der Waals surface area contributed by atoms with Gasteiger partial charge in [-0.2, -0.15) is 5.26 Å². The van der Waals surface area contributed by atoms with E-state index in [2.05, 4.69) is 11.4 Å².